The highest BCUT2D eigenvalue weighted by Gasteiger charge is 2.12. The van der Waals surface area contributed by atoms with Gasteiger partial charge in [-0.2, -0.15) is 0 Å². The fourth-order valence-electron chi connectivity index (χ4n) is 2.24. The Bertz CT molecular complexity index is 275. The summed E-state index contributed by atoms with van der Waals surface area (Å²) in [5.41, 5.74) is 2.00. The summed E-state index contributed by atoms with van der Waals surface area (Å²) in [6, 6.07) is 0. The lowest BCUT2D eigenvalue weighted by Gasteiger charge is -2.10. The fraction of sp³-hybridized carbons (Fsp3) is 0.833. The number of carbonyl (C=O) groups excluding carboxylic acids is 1. The van der Waals surface area contributed by atoms with Crippen molar-refractivity contribution in [2.24, 2.45) is 0 Å². The molecular formula is C18H34O2. The maximum absolute atomic E-state index is 12.0. The Kier molecular flexibility index (Phi) is 12.7. The Morgan fingerprint density at radius 1 is 0.800 bits per heavy atom. The molecule has 0 atom stereocenters. The third-order valence-corrected chi connectivity index (χ3v) is 3.61. The first kappa shape index (κ1) is 19.2. The Morgan fingerprint density at radius 3 is 1.95 bits per heavy atom. The summed E-state index contributed by atoms with van der Waals surface area (Å²) in [6.45, 7) is 9.00. The summed E-state index contributed by atoms with van der Waals surface area (Å²) in [6.07, 6.45) is 11.7. The van der Waals surface area contributed by atoms with Crippen molar-refractivity contribution in [1.29, 1.82) is 0 Å². The molecule has 0 saturated carbocycles. The third-order valence-electron chi connectivity index (χ3n) is 3.61. The van der Waals surface area contributed by atoms with Crippen molar-refractivity contribution in [1.82, 2.24) is 0 Å². The van der Waals surface area contributed by atoms with Gasteiger partial charge in [0.25, 0.3) is 0 Å². The minimum Gasteiger partial charge on any atom is -0.462 e. The average Bonchev–Trinajstić information content (AvgIpc) is 2.42. The van der Waals surface area contributed by atoms with E-state index in [-0.39, 0.29) is 5.97 Å². The Hall–Kier alpha value is -0.790. The molecule has 118 valence electrons. The Morgan fingerprint density at radius 2 is 1.35 bits per heavy atom. The van der Waals surface area contributed by atoms with Gasteiger partial charge in [-0.25, -0.2) is 4.79 Å². The molecule has 2 heteroatoms. The zero-order valence-electron chi connectivity index (χ0n) is 14.1. The summed E-state index contributed by atoms with van der Waals surface area (Å²) in [4.78, 5) is 12.0. The number of ether oxygens (including phenoxy) is 1. The standard InChI is InChI=1S/C18H34O2/c1-5-7-9-10-11-13-15-20-18(19)17(16(3)4)14-12-8-6-2/h5-15H2,1-4H3. The van der Waals surface area contributed by atoms with Crippen molar-refractivity contribution in [3.05, 3.63) is 11.1 Å². The van der Waals surface area contributed by atoms with Crippen LogP contribution < -0.4 is 0 Å². The van der Waals surface area contributed by atoms with Crippen LogP contribution in [0.25, 0.3) is 0 Å². The van der Waals surface area contributed by atoms with Crippen LogP contribution in [0, 0.1) is 0 Å². The predicted octanol–water partition coefficient (Wildman–Crippen LogP) is 5.81. The first-order valence-electron chi connectivity index (χ1n) is 8.46. The van der Waals surface area contributed by atoms with Crippen molar-refractivity contribution in [3.8, 4) is 0 Å². The van der Waals surface area contributed by atoms with Gasteiger partial charge in [0.2, 0.25) is 0 Å². The molecule has 0 bridgehead atoms. The van der Waals surface area contributed by atoms with Crippen molar-refractivity contribution in [2.75, 3.05) is 6.61 Å². The summed E-state index contributed by atoms with van der Waals surface area (Å²) >= 11 is 0. The molecule has 0 aromatic rings. The molecule has 0 fully saturated rings. The highest BCUT2D eigenvalue weighted by molar-refractivity contribution is 5.89. The van der Waals surface area contributed by atoms with Crippen molar-refractivity contribution in [2.45, 2.75) is 91.9 Å². The van der Waals surface area contributed by atoms with E-state index in [1.54, 1.807) is 0 Å². The second kappa shape index (κ2) is 13.2. The third kappa shape index (κ3) is 10.1. The molecule has 2 nitrogen and oxygen atoms in total. The van der Waals surface area contributed by atoms with E-state index in [0.717, 1.165) is 30.4 Å². The number of carbonyl (C=O) groups is 1. The molecule has 0 N–H and O–H groups in total. The zero-order valence-corrected chi connectivity index (χ0v) is 14.1. The topological polar surface area (TPSA) is 26.3 Å². The van der Waals surface area contributed by atoms with Crippen molar-refractivity contribution < 1.29 is 9.53 Å². The molecular weight excluding hydrogens is 248 g/mol. The van der Waals surface area contributed by atoms with E-state index in [4.69, 9.17) is 4.74 Å². The van der Waals surface area contributed by atoms with Crippen LogP contribution >= 0.6 is 0 Å². The van der Waals surface area contributed by atoms with Crippen LogP contribution in [0.4, 0.5) is 0 Å². The maximum atomic E-state index is 12.0. The monoisotopic (exact) mass is 282 g/mol. The van der Waals surface area contributed by atoms with Gasteiger partial charge in [0.05, 0.1) is 6.61 Å². The van der Waals surface area contributed by atoms with Crippen molar-refractivity contribution >= 4 is 5.97 Å². The van der Waals surface area contributed by atoms with Crippen LogP contribution in [0.15, 0.2) is 11.1 Å². The quantitative estimate of drug-likeness (QED) is 0.256. The van der Waals surface area contributed by atoms with Gasteiger partial charge >= 0.3 is 5.97 Å². The largest absolute Gasteiger partial charge is 0.462 e. The van der Waals surface area contributed by atoms with Crippen LogP contribution in [0.5, 0.6) is 0 Å². The van der Waals surface area contributed by atoms with E-state index in [1.807, 2.05) is 13.8 Å². The zero-order chi connectivity index (χ0) is 15.2. The number of rotatable bonds is 12. The van der Waals surface area contributed by atoms with Crippen LogP contribution in [-0.2, 0) is 9.53 Å². The van der Waals surface area contributed by atoms with Gasteiger partial charge < -0.3 is 4.74 Å². The van der Waals surface area contributed by atoms with Crippen molar-refractivity contribution in [3.63, 3.8) is 0 Å². The molecule has 0 radical (unpaired) electrons. The summed E-state index contributed by atoms with van der Waals surface area (Å²) in [5.74, 6) is -0.0883. The molecule has 0 amide bonds. The van der Waals surface area contributed by atoms with Gasteiger partial charge in [0.15, 0.2) is 0 Å². The highest BCUT2D eigenvalue weighted by atomic mass is 16.5. The average molecular weight is 282 g/mol. The Balaban J connectivity index is 3.83. The van der Waals surface area contributed by atoms with Gasteiger partial charge in [0.1, 0.15) is 0 Å². The molecule has 0 aromatic heterocycles. The molecule has 0 unspecified atom stereocenters. The predicted molar refractivity (Wildman–Crippen MR) is 86.9 cm³/mol. The molecule has 0 spiro atoms. The summed E-state index contributed by atoms with van der Waals surface area (Å²) in [5, 5.41) is 0. The van der Waals surface area contributed by atoms with Gasteiger partial charge in [-0.05, 0) is 33.1 Å². The molecule has 0 aliphatic rings. The second-order valence-electron chi connectivity index (χ2n) is 5.84. The molecule has 0 aliphatic carbocycles. The van der Waals surface area contributed by atoms with E-state index < -0.39 is 0 Å². The number of esters is 1. The van der Waals surface area contributed by atoms with Gasteiger partial charge in [0, 0.05) is 5.57 Å². The first-order chi connectivity index (χ1) is 9.63. The van der Waals surface area contributed by atoms with Crippen LogP contribution in [-0.4, -0.2) is 12.6 Å². The van der Waals surface area contributed by atoms with E-state index in [1.165, 1.54) is 44.9 Å². The van der Waals surface area contributed by atoms with E-state index >= 15 is 0 Å². The molecule has 0 aliphatic heterocycles. The number of allylic oxidation sites excluding steroid dienone is 1. The molecule has 0 rings (SSSR count). The number of hydrogen-bond acceptors (Lipinski definition) is 2. The van der Waals surface area contributed by atoms with E-state index in [9.17, 15) is 4.79 Å². The lowest BCUT2D eigenvalue weighted by molar-refractivity contribution is -0.139. The normalized spacial score (nSPS) is 10.4. The van der Waals surface area contributed by atoms with Gasteiger partial charge in [-0.3, -0.25) is 0 Å². The highest BCUT2D eigenvalue weighted by Crippen LogP contribution is 2.15. The maximum Gasteiger partial charge on any atom is 0.333 e. The first-order valence-corrected chi connectivity index (χ1v) is 8.46. The SMILES string of the molecule is CCCCCCCCOC(=O)C(CCCCC)=C(C)C. The van der Waals surface area contributed by atoms with Crippen LogP contribution in [0.3, 0.4) is 0 Å². The minimum absolute atomic E-state index is 0.0883. The summed E-state index contributed by atoms with van der Waals surface area (Å²) < 4.78 is 5.41. The second-order valence-corrected chi connectivity index (χ2v) is 5.84. The molecule has 20 heavy (non-hydrogen) atoms. The smallest absolute Gasteiger partial charge is 0.333 e. The van der Waals surface area contributed by atoms with Gasteiger partial charge in [-0.15, -0.1) is 0 Å². The van der Waals surface area contributed by atoms with Crippen LogP contribution in [0.2, 0.25) is 0 Å². The van der Waals surface area contributed by atoms with E-state index in [2.05, 4.69) is 13.8 Å². The summed E-state index contributed by atoms with van der Waals surface area (Å²) in [7, 11) is 0. The Labute approximate surface area is 126 Å². The van der Waals surface area contributed by atoms with Gasteiger partial charge in [-0.1, -0.05) is 64.4 Å². The van der Waals surface area contributed by atoms with Crippen LogP contribution in [0.1, 0.15) is 91.9 Å². The lowest BCUT2D eigenvalue weighted by atomic mass is 10.0. The molecule has 0 aromatic carbocycles. The molecule has 0 saturated heterocycles. The lowest BCUT2D eigenvalue weighted by Crippen LogP contribution is -2.10. The number of unbranched alkanes of at least 4 members (excludes halogenated alkanes) is 7. The van der Waals surface area contributed by atoms with E-state index in [0.29, 0.717) is 6.61 Å². The fourth-order valence-corrected chi connectivity index (χ4v) is 2.24. The number of hydrogen-bond donors (Lipinski definition) is 0. The molecule has 0 heterocycles. The minimum atomic E-state index is -0.0883.